The standard InChI is InChI=1S/C28H29NO3/c1-3-31-23-13-11-22(12-14-23)25(18-28(30)32-4-2)26-19-29-27-17-21(10-15-24(26)27)16-20-8-6-5-7-9-20/h5-15,17,19,25,29H,3-4,16,18H2,1-2H3. The summed E-state index contributed by atoms with van der Waals surface area (Å²) >= 11 is 0. The molecule has 0 aliphatic heterocycles. The van der Waals surface area contributed by atoms with Gasteiger partial charge in [0, 0.05) is 23.0 Å². The summed E-state index contributed by atoms with van der Waals surface area (Å²) in [6, 6.07) is 25.0. The first kappa shape index (κ1) is 21.7. The Morgan fingerprint density at radius 2 is 1.69 bits per heavy atom. The molecule has 1 atom stereocenters. The number of hydrogen-bond donors (Lipinski definition) is 1. The maximum atomic E-state index is 12.4. The fourth-order valence-corrected chi connectivity index (χ4v) is 4.18. The van der Waals surface area contributed by atoms with Crippen molar-refractivity contribution in [2.45, 2.75) is 32.6 Å². The predicted octanol–water partition coefficient (Wildman–Crippen LogP) is 6.24. The number of hydrogen-bond acceptors (Lipinski definition) is 3. The van der Waals surface area contributed by atoms with Crippen LogP contribution in [0.5, 0.6) is 5.75 Å². The highest BCUT2D eigenvalue weighted by Gasteiger charge is 2.22. The lowest BCUT2D eigenvalue weighted by Crippen LogP contribution is -2.11. The van der Waals surface area contributed by atoms with E-state index in [1.807, 2.05) is 50.4 Å². The topological polar surface area (TPSA) is 51.3 Å². The lowest BCUT2D eigenvalue weighted by molar-refractivity contribution is -0.143. The second kappa shape index (κ2) is 10.2. The first-order valence-electron chi connectivity index (χ1n) is 11.2. The minimum atomic E-state index is -0.193. The van der Waals surface area contributed by atoms with Crippen LogP contribution in [-0.2, 0) is 16.0 Å². The number of fused-ring (bicyclic) bond motifs is 1. The number of aromatic amines is 1. The van der Waals surface area contributed by atoms with Crippen molar-refractivity contribution in [1.82, 2.24) is 4.98 Å². The van der Waals surface area contributed by atoms with Crippen LogP contribution in [0.25, 0.3) is 10.9 Å². The van der Waals surface area contributed by atoms with E-state index in [4.69, 9.17) is 9.47 Å². The monoisotopic (exact) mass is 427 g/mol. The average Bonchev–Trinajstić information content (AvgIpc) is 3.22. The van der Waals surface area contributed by atoms with Crippen molar-refractivity contribution in [3.05, 3.63) is 101 Å². The molecule has 1 heterocycles. The van der Waals surface area contributed by atoms with Crippen LogP contribution in [-0.4, -0.2) is 24.2 Å². The van der Waals surface area contributed by atoms with E-state index in [1.54, 1.807) is 0 Å². The first-order valence-corrected chi connectivity index (χ1v) is 11.2. The fraction of sp³-hybridized carbons (Fsp3) is 0.250. The molecule has 0 bridgehead atoms. The number of rotatable bonds is 9. The van der Waals surface area contributed by atoms with Gasteiger partial charge in [-0.25, -0.2) is 0 Å². The summed E-state index contributed by atoms with van der Waals surface area (Å²) in [5.74, 6) is 0.537. The van der Waals surface area contributed by atoms with Gasteiger partial charge in [0.2, 0.25) is 0 Å². The number of carbonyl (C=O) groups is 1. The van der Waals surface area contributed by atoms with Crippen LogP contribution in [0, 0.1) is 0 Å². The molecule has 0 saturated heterocycles. The van der Waals surface area contributed by atoms with Gasteiger partial charge in [-0.15, -0.1) is 0 Å². The van der Waals surface area contributed by atoms with Crippen molar-refractivity contribution in [3.63, 3.8) is 0 Å². The molecule has 0 aliphatic carbocycles. The molecule has 0 radical (unpaired) electrons. The van der Waals surface area contributed by atoms with E-state index in [0.29, 0.717) is 19.6 Å². The van der Waals surface area contributed by atoms with Gasteiger partial charge in [0.25, 0.3) is 0 Å². The zero-order valence-electron chi connectivity index (χ0n) is 18.6. The molecular weight excluding hydrogens is 398 g/mol. The van der Waals surface area contributed by atoms with Crippen LogP contribution in [0.15, 0.2) is 79.0 Å². The number of carbonyl (C=O) groups excluding carboxylic acids is 1. The van der Waals surface area contributed by atoms with Crippen molar-refractivity contribution in [1.29, 1.82) is 0 Å². The second-order valence-electron chi connectivity index (χ2n) is 7.85. The molecule has 4 nitrogen and oxygen atoms in total. The van der Waals surface area contributed by atoms with Crippen molar-refractivity contribution in [2.24, 2.45) is 0 Å². The summed E-state index contributed by atoms with van der Waals surface area (Å²) in [6.07, 6.45) is 3.20. The number of esters is 1. The van der Waals surface area contributed by atoms with Crippen molar-refractivity contribution >= 4 is 16.9 Å². The van der Waals surface area contributed by atoms with E-state index >= 15 is 0 Å². The fourth-order valence-electron chi connectivity index (χ4n) is 4.18. The molecule has 0 aliphatic rings. The van der Waals surface area contributed by atoms with Gasteiger partial charge in [0.05, 0.1) is 19.6 Å². The van der Waals surface area contributed by atoms with Crippen molar-refractivity contribution in [2.75, 3.05) is 13.2 Å². The molecule has 4 rings (SSSR count). The molecule has 32 heavy (non-hydrogen) atoms. The first-order chi connectivity index (χ1) is 15.7. The largest absolute Gasteiger partial charge is 0.494 e. The van der Waals surface area contributed by atoms with Crippen molar-refractivity contribution in [3.8, 4) is 5.75 Å². The Morgan fingerprint density at radius 3 is 2.41 bits per heavy atom. The third kappa shape index (κ3) is 5.02. The highest BCUT2D eigenvalue weighted by molar-refractivity contribution is 5.86. The highest BCUT2D eigenvalue weighted by Crippen LogP contribution is 2.35. The number of nitrogens with one attached hydrogen (secondary N) is 1. The Hall–Kier alpha value is -3.53. The van der Waals surface area contributed by atoms with Crippen LogP contribution in [0.3, 0.4) is 0 Å². The highest BCUT2D eigenvalue weighted by atomic mass is 16.5. The van der Waals surface area contributed by atoms with Gasteiger partial charge < -0.3 is 14.5 Å². The van der Waals surface area contributed by atoms with Gasteiger partial charge in [-0.1, -0.05) is 54.6 Å². The third-order valence-corrected chi connectivity index (χ3v) is 5.67. The maximum Gasteiger partial charge on any atom is 0.306 e. The molecule has 0 fully saturated rings. The van der Waals surface area contributed by atoms with E-state index in [1.165, 1.54) is 11.1 Å². The third-order valence-electron chi connectivity index (χ3n) is 5.67. The number of ether oxygens (including phenoxy) is 2. The van der Waals surface area contributed by atoms with E-state index in [0.717, 1.165) is 34.2 Å². The number of aromatic nitrogens is 1. The minimum absolute atomic E-state index is 0.0987. The lowest BCUT2D eigenvalue weighted by Gasteiger charge is -2.17. The molecule has 1 unspecified atom stereocenters. The molecule has 0 saturated carbocycles. The predicted molar refractivity (Wildman–Crippen MR) is 128 cm³/mol. The Bertz CT molecular complexity index is 1160. The summed E-state index contributed by atoms with van der Waals surface area (Å²) in [4.78, 5) is 15.9. The minimum Gasteiger partial charge on any atom is -0.494 e. The molecule has 4 aromatic rings. The second-order valence-corrected chi connectivity index (χ2v) is 7.85. The molecule has 1 aromatic heterocycles. The summed E-state index contributed by atoms with van der Waals surface area (Å²) in [7, 11) is 0. The lowest BCUT2D eigenvalue weighted by atomic mass is 9.88. The van der Waals surface area contributed by atoms with E-state index in [2.05, 4.69) is 47.4 Å². The Balaban J connectivity index is 1.66. The average molecular weight is 428 g/mol. The van der Waals surface area contributed by atoms with Gasteiger partial charge in [-0.2, -0.15) is 0 Å². The van der Waals surface area contributed by atoms with Crippen LogP contribution < -0.4 is 4.74 Å². The molecule has 3 aromatic carbocycles. The quantitative estimate of drug-likeness (QED) is 0.322. The molecule has 4 heteroatoms. The molecule has 0 amide bonds. The summed E-state index contributed by atoms with van der Waals surface area (Å²) in [5.41, 5.74) is 5.78. The Morgan fingerprint density at radius 1 is 0.906 bits per heavy atom. The summed E-state index contributed by atoms with van der Waals surface area (Å²) < 4.78 is 10.9. The molecular formula is C28H29NO3. The van der Waals surface area contributed by atoms with Gasteiger partial charge in [0.1, 0.15) is 5.75 Å². The van der Waals surface area contributed by atoms with Crippen LogP contribution in [0.2, 0.25) is 0 Å². The number of H-pyrrole nitrogens is 1. The van der Waals surface area contributed by atoms with Gasteiger partial charge in [0.15, 0.2) is 0 Å². The van der Waals surface area contributed by atoms with E-state index in [-0.39, 0.29) is 11.9 Å². The van der Waals surface area contributed by atoms with E-state index in [9.17, 15) is 4.79 Å². The molecule has 164 valence electrons. The summed E-state index contributed by atoms with van der Waals surface area (Å²) in [5, 5.41) is 1.13. The maximum absolute atomic E-state index is 12.4. The SMILES string of the molecule is CCOC(=O)CC(c1ccc(OCC)cc1)c1c[nH]c2cc(Cc3ccccc3)ccc12. The summed E-state index contributed by atoms with van der Waals surface area (Å²) in [6.45, 7) is 4.81. The molecule has 1 N–H and O–H groups in total. The van der Waals surface area contributed by atoms with E-state index < -0.39 is 0 Å². The van der Waals surface area contributed by atoms with Gasteiger partial charge in [-0.05, 0) is 60.7 Å². The Labute approximate surface area is 189 Å². The zero-order chi connectivity index (χ0) is 22.3. The van der Waals surface area contributed by atoms with Crippen LogP contribution in [0.1, 0.15) is 48.4 Å². The van der Waals surface area contributed by atoms with Crippen LogP contribution >= 0.6 is 0 Å². The Kier molecular flexibility index (Phi) is 6.90. The normalized spacial score (nSPS) is 11.9. The number of benzene rings is 3. The molecule has 0 spiro atoms. The van der Waals surface area contributed by atoms with Gasteiger partial charge >= 0.3 is 5.97 Å². The van der Waals surface area contributed by atoms with Crippen LogP contribution in [0.4, 0.5) is 0 Å². The zero-order valence-corrected chi connectivity index (χ0v) is 18.6. The smallest absolute Gasteiger partial charge is 0.306 e. The van der Waals surface area contributed by atoms with Gasteiger partial charge in [-0.3, -0.25) is 4.79 Å². The van der Waals surface area contributed by atoms with Crippen molar-refractivity contribution < 1.29 is 14.3 Å².